The van der Waals surface area contributed by atoms with Crippen molar-refractivity contribution < 1.29 is 17.9 Å². The topological polar surface area (TPSA) is 133 Å². The molecule has 0 saturated heterocycles. The average Bonchev–Trinajstić information content (AvgIpc) is 3.02. The molecular weight excluding hydrogens is 424 g/mol. The van der Waals surface area contributed by atoms with Crippen LogP contribution in [0.15, 0.2) is 32.7 Å². The molecule has 1 aromatic carbocycles. The number of rotatable bonds is 7. The number of fused-ring (bicyclic) bond motifs is 1. The summed E-state index contributed by atoms with van der Waals surface area (Å²) in [4.78, 5) is 43.8. The monoisotopic (exact) mass is 448 g/mol. The van der Waals surface area contributed by atoms with Crippen molar-refractivity contribution in [1.29, 1.82) is 0 Å². The summed E-state index contributed by atoms with van der Waals surface area (Å²) in [7, 11) is -1.89. The Morgan fingerprint density at radius 3 is 2.61 bits per heavy atom. The zero-order valence-electron chi connectivity index (χ0n) is 17.8. The molecular formula is C20H24N4O6S. The molecule has 10 nitrogen and oxygen atoms in total. The number of aromatic nitrogens is 4. The van der Waals surface area contributed by atoms with Gasteiger partial charge in [-0.05, 0) is 31.0 Å². The van der Waals surface area contributed by atoms with Crippen LogP contribution in [0.3, 0.4) is 0 Å². The molecule has 3 rings (SSSR count). The minimum Gasteiger partial charge on any atom is -0.454 e. The molecule has 2 aromatic heterocycles. The molecule has 0 saturated carbocycles. The smallest absolute Gasteiger partial charge is 0.338 e. The van der Waals surface area contributed by atoms with Crippen LogP contribution in [0.2, 0.25) is 0 Å². The summed E-state index contributed by atoms with van der Waals surface area (Å²) in [6, 6.07) is 4.23. The van der Waals surface area contributed by atoms with E-state index in [1.165, 1.54) is 27.3 Å². The summed E-state index contributed by atoms with van der Waals surface area (Å²) in [6.07, 6.45) is 2.65. The van der Waals surface area contributed by atoms with Gasteiger partial charge >= 0.3 is 11.7 Å². The van der Waals surface area contributed by atoms with E-state index in [-0.39, 0.29) is 34.1 Å². The SMILES string of the molecule is CCCCn1c(=O)[nH]c(=O)c2c1nc(COC(=O)c1cc(S(C)(=O)=O)ccc1C)n2C. The summed E-state index contributed by atoms with van der Waals surface area (Å²) in [5, 5.41) is 0. The third kappa shape index (κ3) is 4.46. The third-order valence-electron chi connectivity index (χ3n) is 5.03. The van der Waals surface area contributed by atoms with Crippen LogP contribution in [0.5, 0.6) is 0 Å². The van der Waals surface area contributed by atoms with Gasteiger partial charge in [-0.2, -0.15) is 0 Å². The first-order chi connectivity index (χ1) is 14.5. The van der Waals surface area contributed by atoms with Crippen molar-refractivity contribution >= 4 is 27.0 Å². The van der Waals surface area contributed by atoms with Crippen LogP contribution in [-0.2, 0) is 34.8 Å². The van der Waals surface area contributed by atoms with Gasteiger partial charge in [0, 0.05) is 19.8 Å². The Morgan fingerprint density at radius 1 is 1.26 bits per heavy atom. The minimum absolute atomic E-state index is 0.0132. The zero-order chi connectivity index (χ0) is 22.9. The number of unbranched alkanes of at least 4 members (excludes halogenated alkanes) is 1. The maximum Gasteiger partial charge on any atom is 0.338 e. The van der Waals surface area contributed by atoms with Crippen molar-refractivity contribution in [1.82, 2.24) is 19.1 Å². The van der Waals surface area contributed by atoms with Gasteiger partial charge in [0.15, 0.2) is 21.0 Å². The van der Waals surface area contributed by atoms with Gasteiger partial charge in [0.05, 0.1) is 10.5 Å². The van der Waals surface area contributed by atoms with Gasteiger partial charge in [0.2, 0.25) is 0 Å². The molecule has 11 heteroatoms. The summed E-state index contributed by atoms with van der Waals surface area (Å²) in [5.41, 5.74) is 0.00693. The Morgan fingerprint density at radius 2 is 1.97 bits per heavy atom. The normalized spacial score (nSPS) is 11.7. The Hall–Kier alpha value is -3.21. The summed E-state index contributed by atoms with van der Waals surface area (Å²) in [5.74, 6) is -0.436. The van der Waals surface area contributed by atoms with Crippen LogP contribution >= 0.6 is 0 Å². The highest BCUT2D eigenvalue weighted by Crippen LogP contribution is 2.18. The number of esters is 1. The van der Waals surface area contributed by atoms with E-state index in [0.29, 0.717) is 12.1 Å². The molecule has 0 atom stereocenters. The molecule has 3 aromatic rings. The highest BCUT2D eigenvalue weighted by atomic mass is 32.2. The van der Waals surface area contributed by atoms with E-state index in [1.807, 2.05) is 6.92 Å². The number of benzene rings is 1. The van der Waals surface area contributed by atoms with Gasteiger partial charge in [-0.15, -0.1) is 0 Å². The van der Waals surface area contributed by atoms with Crippen molar-refractivity contribution in [3.8, 4) is 0 Å². The number of ether oxygens (including phenoxy) is 1. The maximum absolute atomic E-state index is 12.6. The van der Waals surface area contributed by atoms with E-state index in [1.54, 1.807) is 14.0 Å². The number of aromatic amines is 1. The summed E-state index contributed by atoms with van der Waals surface area (Å²) < 4.78 is 31.8. The van der Waals surface area contributed by atoms with Gasteiger partial charge in [-0.25, -0.2) is 23.0 Å². The standard InChI is InChI=1S/C20H24N4O6S/c1-5-6-9-24-17-16(18(25)22-20(24)27)23(3)15(21-17)11-30-19(26)14-10-13(31(4,28)29)8-7-12(14)2/h7-8,10H,5-6,9,11H2,1-4H3,(H,22,25,27). The van der Waals surface area contributed by atoms with Crippen LogP contribution in [-0.4, -0.2) is 39.7 Å². The number of aryl methyl sites for hydroxylation is 3. The van der Waals surface area contributed by atoms with Gasteiger partial charge < -0.3 is 9.30 Å². The fraction of sp³-hybridized carbons (Fsp3) is 0.400. The number of hydrogen-bond donors (Lipinski definition) is 1. The molecule has 2 heterocycles. The molecule has 0 aliphatic carbocycles. The van der Waals surface area contributed by atoms with Crippen molar-refractivity contribution in [2.45, 2.75) is 44.7 Å². The molecule has 0 spiro atoms. The van der Waals surface area contributed by atoms with Crippen LogP contribution in [0.25, 0.3) is 11.2 Å². The largest absolute Gasteiger partial charge is 0.454 e. The van der Waals surface area contributed by atoms with E-state index in [2.05, 4.69) is 9.97 Å². The highest BCUT2D eigenvalue weighted by Gasteiger charge is 2.19. The second-order valence-corrected chi connectivity index (χ2v) is 9.36. The Balaban J connectivity index is 1.94. The van der Waals surface area contributed by atoms with Crippen LogP contribution in [0.1, 0.15) is 41.5 Å². The number of imidazole rings is 1. The van der Waals surface area contributed by atoms with E-state index in [4.69, 9.17) is 4.74 Å². The molecule has 0 aliphatic rings. The van der Waals surface area contributed by atoms with Crippen LogP contribution < -0.4 is 11.2 Å². The fourth-order valence-corrected chi connectivity index (χ4v) is 3.85. The molecule has 31 heavy (non-hydrogen) atoms. The molecule has 166 valence electrons. The van der Waals surface area contributed by atoms with Crippen LogP contribution in [0.4, 0.5) is 0 Å². The second-order valence-electron chi connectivity index (χ2n) is 7.35. The molecule has 0 amide bonds. The molecule has 0 unspecified atom stereocenters. The zero-order valence-corrected chi connectivity index (χ0v) is 18.6. The lowest BCUT2D eigenvalue weighted by molar-refractivity contribution is 0.0458. The molecule has 0 fully saturated rings. The lowest BCUT2D eigenvalue weighted by Gasteiger charge is -2.09. The molecule has 0 radical (unpaired) electrons. The van der Waals surface area contributed by atoms with Crippen molar-refractivity contribution in [2.75, 3.05) is 6.26 Å². The fourth-order valence-electron chi connectivity index (χ4n) is 3.20. The quantitative estimate of drug-likeness (QED) is 0.539. The molecule has 0 bridgehead atoms. The first kappa shape index (κ1) is 22.5. The molecule has 1 N–H and O–H groups in total. The Bertz CT molecular complexity index is 1380. The lowest BCUT2D eigenvalue weighted by atomic mass is 10.1. The number of carbonyl (C=O) groups is 1. The number of hydrogen-bond acceptors (Lipinski definition) is 7. The van der Waals surface area contributed by atoms with E-state index >= 15 is 0 Å². The highest BCUT2D eigenvalue weighted by molar-refractivity contribution is 7.90. The lowest BCUT2D eigenvalue weighted by Crippen LogP contribution is -2.31. The maximum atomic E-state index is 12.6. The predicted molar refractivity (Wildman–Crippen MR) is 114 cm³/mol. The Labute approximate surface area is 178 Å². The number of nitrogens with one attached hydrogen (secondary N) is 1. The van der Waals surface area contributed by atoms with Gasteiger partial charge in [0.1, 0.15) is 12.4 Å². The number of carbonyl (C=O) groups excluding carboxylic acids is 1. The number of sulfone groups is 1. The van der Waals surface area contributed by atoms with E-state index < -0.39 is 27.1 Å². The van der Waals surface area contributed by atoms with Crippen molar-refractivity contribution in [3.63, 3.8) is 0 Å². The first-order valence-corrected chi connectivity index (χ1v) is 11.6. The van der Waals surface area contributed by atoms with E-state index in [0.717, 1.165) is 19.1 Å². The van der Waals surface area contributed by atoms with E-state index in [9.17, 15) is 22.8 Å². The minimum atomic E-state index is -3.48. The predicted octanol–water partition coefficient (Wildman–Crippen LogP) is 1.29. The van der Waals surface area contributed by atoms with Gasteiger partial charge in [-0.1, -0.05) is 19.4 Å². The van der Waals surface area contributed by atoms with Gasteiger partial charge in [0.25, 0.3) is 5.56 Å². The van der Waals surface area contributed by atoms with Crippen molar-refractivity contribution in [3.05, 3.63) is 56.0 Å². The molecule has 0 aliphatic heterocycles. The second kappa shape index (κ2) is 8.50. The Kier molecular flexibility index (Phi) is 6.16. The summed E-state index contributed by atoms with van der Waals surface area (Å²) >= 11 is 0. The number of nitrogens with zero attached hydrogens (tertiary/aromatic N) is 3. The average molecular weight is 449 g/mol. The number of H-pyrrole nitrogens is 1. The summed E-state index contributed by atoms with van der Waals surface area (Å²) in [6.45, 7) is 3.80. The van der Waals surface area contributed by atoms with Gasteiger partial charge in [-0.3, -0.25) is 14.3 Å². The van der Waals surface area contributed by atoms with Crippen molar-refractivity contribution in [2.24, 2.45) is 7.05 Å². The first-order valence-electron chi connectivity index (χ1n) is 9.70. The third-order valence-corrected chi connectivity index (χ3v) is 6.14. The van der Waals surface area contributed by atoms with Crippen LogP contribution in [0, 0.1) is 6.92 Å².